The Morgan fingerprint density at radius 1 is 1.13 bits per heavy atom. The van der Waals surface area contributed by atoms with Crippen molar-refractivity contribution in [3.63, 3.8) is 0 Å². The fourth-order valence-corrected chi connectivity index (χ4v) is 4.09. The van der Waals surface area contributed by atoms with Crippen LogP contribution in [0.5, 0.6) is 5.75 Å². The van der Waals surface area contributed by atoms with Crippen molar-refractivity contribution in [2.24, 2.45) is 0 Å². The number of fused-ring (bicyclic) bond motifs is 1. The van der Waals surface area contributed by atoms with Crippen LogP contribution in [0.15, 0.2) is 58.5 Å². The van der Waals surface area contributed by atoms with Gasteiger partial charge in [0.15, 0.2) is 5.16 Å². The van der Waals surface area contributed by atoms with Crippen molar-refractivity contribution >= 4 is 34.3 Å². The lowest BCUT2D eigenvalue weighted by Crippen LogP contribution is -2.28. The van der Waals surface area contributed by atoms with Gasteiger partial charge in [0, 0.05) is 6.04 Å². The molecule has 6 nitrogen and oxygen atoms in total. The second-order valence-electron chi connectivity index (χ2n) is 7.02. The summed E-state index contributed by atoms with van der Waals surface area (Å²) in [5.41, 5.74) is 1.19. The number of amides is 1. The summed E-state index contributed by atoms with van der Waals surface area (Å²) in [7, 11) is 0. The lowest BCUT2D eigenvalue weighted by molar-refractivity contribution is -0.115. The Morgan fingerprint density at radius 3 is 2.57 bits per heavy atom. The summed E-state index contributed by atoms with van der Waals surface area (Å²) >= 11 is 1.29. The van der Waals surface area contributed by atoms with Crippen LogP contribution in [0, 0.1) is 0 Å². The third-order valence-electron chi connectivity index (χ3n) is 4.90. The Kier molecular flexibility index (Phi) is 7.15. The second kappa shape index (κ2) is 9.80. The molecule has 0 aliphatic rings. The van der Waals surface area contributed by atoms with Gasteiger partial charge < -0.3 is 10.1 Å². The van der Waals surface area contributed by atoms with Gasteiger partial charge >= 0.3 is 0 Å². The van der Waals surface area contributed by atoms with Crippen molar-refractivity contribution in [2.45, 2.75) is 50.6 Å². The summed E-state index contributed by atoms with van der Waals surface area (Å²) in [4.78, 5) is 30.7. The summed E-state index contributed by atoms with van der Waals surface area (Å²) in [6.45, 7) is 8.24. The monoisotopic (exact) mass is 425 g/mol. The molecule has 1 amide bonds. The third-order valence-corrected chi connectivity index (χ3v) is 5.97. The van der Waals surface area contributed by atoms with Gasteiger partial charge in [-0.1, -0.05) is 43.0 Å². The van der Waals surface area contributed by atoms with Crippen LogP contribution in [0.3, 0.4) is 0 Å². The number of nitrogens with one attached hydrogen (secondary N) is 1. The van der Waals surface area contributed by atoms with E-state index in [-0.39, 0.29) is 17.5 Å². The van der Waals surface area contributed by atoms with E-state index in [0.29, 0.717) is 34.1 Å². The quantitative estimate of drug-likeness (QED) is 0.411. The van der Waals surface area contributed by atoms with E-state index in [2.05, 4.69) is 5.32 Å². The molecule has 0 unspecified atom stereocenters. The number of ether oxygens (including phenoxy) is 1. The largest absolute Gasteiger partial charge is 0.492 e. The molecule has 3 aromatic rings. The molecule has 1 aromatic heterocycles. The fraction of sp³-hybridized carbons (Fsp3) is 0.348. The average Bonchev–Trinajstić information content (AvgIpc) is 2.75. The Balaban J connectivity index is 1.90. The van der Waals surface area contributed by atoms with Crippen LogP contribution in [0.25, 0.3) is 10.9 Å². The topological polar surface area (TPSA) is 73.2 Å². The predicted octanol–water partition coefficient (Wildman–Crippen LogP) is 4.89. The number of thioether (sulfide) groups is 1. The summed E-state index contributed by atoms with van der Waals surface area (Å²) < 4.78 is 7.28. The number of benzene rings is 2. The Morgan fingerprint density at radius 2 is 1.83 bits per heavy atom. The van der Waals surface area contributed by atoms with E-state index in [0.717, 1.165) is 6.42 Å². The lowest BCUT2D eigenvalue weighted by atomic mass is 10.2. The number of rotatable bonds is 8. The number of hydrogen-bond acceptors (Lipinski definition) is 5. The summed E-state index contributed by atoms with van der Waals surface area (Å²) in [5, 5.41) is 3.61. The molecule has 0 fully saturated rings. The first kappa shape index (κ1) is 21.9. The Labute approximate surface area is 180 Å². The van der Waals surface area contributed by atoms with E-state index in [1.165, 1.54) is 11.8 Å². The van der Waals surface area contributed by atoms with E-state index in [4.69, 9.17) is 9.72 Å². The van der Waals surface area contributed by atoms with Crippen molar-refractivity contribution in [1.82, 2.24) is 9.55 Å². The van der Waals surface area contributed by atoms with Gasteiger partial charge in [0.1, 0.15) is 5.75 Å². The summed E-state index contributed by atoms with van der Waals surface area (Å²) in [5.74, 6) is 0.455. The highest BCUT2D eigenvalue weighted by molar-refractivity contribution is 8.00. The molecule has 1 heterocycles. The number of aromatic nitrogens is 2. The van der Waals surface area contributed by atoms with Gasteiger partial charge in [-0.2, -0.15) is 0 Å². The zero-order valence-electron chi connectivity index (χ0n) is 17.7. The van der Waals surface area contributed by atoms with Crippen LogP contribution in [0.2, 0.25) is 0 Å². The number of carbonyl (C=O) groups excluding carboxylic acids is 1. The number of para-hydroxylation sites is 3. The first-order valence-corrected chi connectivity index (χ1v) is 11.0. The number of carbonyl (C=O) groups is 1. The molecule has 2 atom stereocenters. The molecular formula is C23H27N3O3S. The number of hydrogen-bond donors (Lipinski definition) is 1. The van der Waals surface area contributed by atoms with Gasteiger partial charge in [0.05, 0.1) is 28.4 Å². The van der Waals surface area contributed by atoms with Crippen LogP contribution < -0.4 is 15.6 Å². The minimum absolute atomic E-state index is 0.0222. The third kappa shape index (κ3) is 4.67. The molecule has 0 aliphatic heterocycles. The van der Waals surface area contributed by atoms with E-state index in [1.54, 1.807) is 10.6 Å². The van der Waals surface area contributed by atoms with Crippen molar-refractivity contribution < 1.29 is 9.53 Å². The van der Waals surface area contributed by atoms with Crippen LogP contribution in [-0.4, -0.2) is 27.3 Å². The van der Waals surface area contributed by atoms with Crippen LogP contribution in [0.4, 0.5) is 5.69 Å². The van der Waals surface area contributed by atoms with Gasteiger partial charge in [-0.15, -0.1) is 0 Å². The van der Waals surface area contributed by atoms with Gasteiger partial charge in [-0.3, -0.25) is 14.2 Å². The average molecular weight is 426 g/mol. The highest BCUT2D eigenvalue weighted by Crippen LogP contribution is 2.28. The molecule has 7 heteroatoms. The highest BCUT2D eigenvalue weighted by Gasteiger charge is 2.22. The van der Waals surface area contributed by atoms with Gasteiger partial charge in [0.2, 0.25) is 5.91 Å². The molecule has 1 N–H and O–H groups in total. The van der Waals surface area contributed by atoms with Crippen molar-refractivity contribution in [1.29, 1.82) is 0 Å². The summed E-state index contributed by atoms with van der Waals surface area (Å²) in [6.07, 6.45) is 0.787. The summed E-state index contributed by atoms with van der Waals surface area (Å²) in [6, 6.07) is 14.6. The molecule has 158 valence electrons. The van der Waals surface area contributed by atoms with Crippen LogP contribution in [0.1, 0.15) is 40.2 Å². The van der Waals surface area contributed by atoms with E-state index in [1.807, 2.05) is 70.2 Å². The molecule has 30 heavy (non-hydrogen) atoms. The Bertz CT molecular complexity index is 1100. The lowest BCUT2D eigenvalue weighted by Gasteiger charge is -2.20. The highest BCUT2D eigenvalue weighted by atomic mass is 32.2. The van der Waals surface area contributed by atoms with Crippen molar-refractivity contribution in [3.8, 4) is 5.75 Å². The maximum absolute atomic E-state index is 13.1. The first-order valence-electron chi connectivity index (χ1n) is 10.2. The first-order chi connectivity index (χ1) is 14.5. The van der Waals surface area contributed by atoms with Gasteiger partial charge in [-0.25, -0.2) is 4.98 Å². The van der Waals surface area contributed by atoms with E-state index < -0.39 is 5.25 Å². The standard InChI is InChI=1S/C23H27N3O3S/c1-5-15(3)26-22(28)17-11-7-8-12-18(17)25-23(26)30-16(4)21(27)24-19-13-9-10-14-20(19)29-6-2/h7-16H,5-6H2,1-4H3,(H,24,27)/t15-,16-/m0/s1. The molecule has 0 aliphatic carbocycles. The molecule has 0 radical (unpaired) electrons. The van der Waals surface area contributed by atoms with Crippen molar-refractivity contribution in [3.05, 3.63) is 58.9 Å². The van der Waals surface area contributed by atoms with Gasteiger partial charge in [-0.05, 0) is 51.5 Å². The second-order valence-corrected chi connectivity index (χ2v) is 8.33. The fourth-order valence-electron chi connectivity index (χ4n) is 3.08. The van der Waals surface area contributed by atoms with Gasteiger partial charge in [0.25, 0.3) is 5.56 Å². The van der Waals surface area contributed by atoms with E-state index in [9.17, 15) is 9.59 Å². The zero-order chi connectivity index (χ0) is 21.7. The minimum Gasteiger partial charge on any atom is -0.492 e. The van der Waals surface area contributed by atoms with Crippen LogP contribution >= 0.6 is 11.8 Å². The van der Waals surface area contributed by atoms with Crippen molar-refractivity contribution in [2.75, 3.05) is 11.9 Å². The molecule has 2 aromatic carbocycles. The zero-order valence-corrected chi connectivity index (χ0v) is 18.5. The normalized spacial score (nSPS) is 13.1. The SMILES string of the molecule is CCOc1ccccc1NC(=O)[C@H](C)Sc1nc2ccccc2c(=O)n1[C@@H](C)CC. The molecule has 0 bridgehead atoms. The number of anilines is 1. The minimum atomic E-state index is -0.456. The Hall–Kier alpha value is -2.80. The molecule has 3 rings (SSSR count). The molecule has 0 saturated heterocycles. The molecule has 0 saturated carbocycles. The van der Waals surface area contributed by atoms with E-state index >= 15 is 0 Å². The molecular weight excluding hydrogens is 398 g/mol. The number of nitrogens with zero attached hydrogens (tertiary/aromatic N) is 2. The van der Waals surface area contributed by atoms with Crippen LogP contribution in [-0.2, 0) is 4.79 Å². The molecule has 0 spiro atoms. The predicted molar refractivity (Wildman–Crippen MR) is 123 cm³/mol. The smallest absolute Gasteiger partial charge is 0.262 e. The maximum atomic E-state index is 13.1. The maximum Gasteiger partial charge on any atom is 0.262 e.